The van der Waals surface area contributed by atoms with E-state index < -0.39 is 12.6 Å². The van der Waals surface area contributed by atoms with Crippen LogP contribution in [-0.2, 0) is 0 Å². The van der Waals surface area contributed by atoms with Crippen molar-refractivity contribution >= 4 is 31.9 Å². The van der Waals surface area contributed by atoms with E-state index in [4.69, 9.17) is 0 Å². The standard InChI is InChI=1S/C14H17Br2F3N2/c15-10-1-2-12(16)11(9-10)13(3-4-14(17,18)19)21-7-5-20-6-8-21/h1-2,9,13,20H,3-8H2/t13-/m0/s1. The number of nitrogens with one attached hydrogen (secondary N) is 1. The van der Waals surface area contributed by atoms with Crippen LogP contribution < -0.4 is 5.32 Å². The Kier molecular flexibility index (Phi) is 6.11. The zero-order chi connectivity index (χ0) is 15.5. The fraction of sp³-hybridized carbons (Fsp3) is 0.571. The number of piperazine rings is 1. The zero-order valence-corrected chi connectivity index (χ0v) is 14.6. The van der Waals surface area contributed by atoms with Crippen molar-refractivity contribution in [3.63, 3.8) is 0 Å². The van der Waals surface area contributed by atoms with Crippen molar-refractivity contribution in [1.29, 1.82) is 0 Å². The van der Waals surface area contributed by atoms with Crippen LogP contribution in [0.1, 0.15) is 24.4 Å². The lowest BCUT2D eigenvalue weighted by atomic mass is 9.99. The molecule has 1 fully saturated rings. The van der Waals surface area contributed by atoms with Gasteiger partial charge >= 0.3 is 6.18 Å². The Balaban J connectivity index is 2.23. The van der Waals surface area contributed by atoms with Crippen molar-refractivity contribution in [3.05, 3.63) is 32.7 Å². The van der Waals surface area contributed by atoms with Gasteiger partial charge in [-0.3, -0.25) is 4.90 Å². The second-order valence-electron chi connectivity index (χ2n) is 5.12. The summed E-state index contributed by atoms with van der Waals surface area (Å²) >= 11 is 6.88. The van der Waals surface area contributed by atoms with Gasteiger partial charge in [-0.1, -0.05) is 31.9 Å². The third-order valence-electron chi connectivity index (χ3n) is 3.61. The lowest BCUT2D eigenvalue weighted by molar-refractivity contribution is -0.138. The third kappa shape index (κ3) is 5.23. The highest BCUT2D eigenvalue weighted by molar-refractivity contribution is 9.11. The van der Waals surface area contributed by atoms with Gasteiger partial charge in [0.1, 0.15) is 0 Å². The summed E-state index contributed by atoms with van der Waals surface area (Å²) in [5.41, 5.74) is 0.913. The molecule has 1 aromatic rings. The minimum atomic E-state index is -4.12. The molecule has 1 heterocycles. The molecule has 1 saturated heterocycles. The van der Waals surface area contributed by atoms with Gasteiger partial charge in [0.2, 0.25) is 0 Å². The zero-order valence-electron chi connectivity index (χ0n) is 11.4. The molecule has 0 radical (unpaired) electrons. The Labute approximate surface area is 139 Å². The molecule has 1 atom stereocenters. The molecule has 1 N–H and O–H groups in total. The van der Waals surface area contributed by atoms with Gasteiger partial charge in [-0.25, -0.2) is 0 Å². The van der Waals surface area contributed by atoms with Gasteiger partial charge in [0, 0.05) is 47.6 Å². The lowest BCUT2D eigenvalue weighted by Gasteiger charge is -2.36. The molecule has 0 aliphatic carbocycles. The number of rotatable bonds is 4. The predicted molar refractivity (Wildman–Crippen MR) is 84.3 cm³/mol. The number of benzene rings is 1. The number of hydrogen-bond acceptors (Lipinski definition) is 2. The summed E-state index contributed by atoms with van der Waals surface area (Å²) in [7, 11) is 0. The van der Waals surface area contributed by atoms with Crippen LogP contribution in [0.2, 0.25) is 0 Å². The van der Waals surface area contributed by atoms with Crippen molar-refractivity contribution in [2.45, 2.75) is 25.1 Å². The molecule has 0 unspecified atom stereocenters. The molecule has 0 bridgehead atoms. The SMILES string of the molecule is FC(F)(F)CC[C@@H](c1cc(Br)ccc1Br)N1CCNCC1. The molecule has 0 saturated carbocycles. The van der Waals surface area contributed by atoms with Gasteiger partial charge in [0.05, 0.1) is 0 Å². The molecular formula is C14H17Br2F3N2. The largest absolute Gasteiger partial charge is 0.389 e. The van der Waals surface area contributed by atoms with Crippen LogP contribution in [0.3, 0.4) is 0 Å². The Bertz CT molecular complexity index is 474. The van der Waals surface area contributed by atoms with Crippen LogP contribution in [0.4, 0.5) is 13.2 Å². The molecule has 0 aromatic heterocycles. The fourth-order valence-corrected chi connectivity index (χ4v) is 3.49. The molecule has 2 rings (SSSR count). The fourth-order valence-electron chi connectivity index (χ4n) is 2.60. The average molecular weight is 430 g/mol. The second kappa shape index (κ2) is 7.44. The highest BCUT2D eigenvalue weighted by Gasteiger charge is 2.32. The summed E-state index contributed by atoms with van der Waals surface area (Å²) in [6.45, 7) is 3.16. The van der Waals surface area contributed by atoms with E-state index in [2.05, 4.69) is 42.1 Å². The number of hydrogen-bond donors (Lipinski definition) is 1. The van der Waals surface area contributed by atoms with Gasteiger partial charge in [-0.05, 0) is 30.2 Å². The minimum Gasteiger partial charge on any atom is -0.314 e. The monoisotopic (exact) mass is 428 g/mol. The van der Waals surface area contributed by atoms with Crippen molar-refractivity contribution in [3.8, 4) is 0 Å². The summed E-state index contributed by atoms with van der Waals surface area (Å²) in [4.78, 5) is 2.13. The summed E-state index contributed by atoms with van der Waals surface area (Å²) in [6, 6.07) is 5.45. The van der Waals surface area contributed by atoms with Crippen molar-refractivity contribution in [2.24, 2.45) is 0 Å². The Morgan fingerprint density at radius 3 is 2.48 bits per heavy atom. The Hall–Kier alpha value is -0.110. The summed E-state index contributed by atoms with van der Waals surface area (Å²) < 4.78 is 39.6. The van der Waals surface area contributed by atoms with Crippen LogP contribution in [0, 0.1) is 0 Å². The summed E-state index contributed by atoms with van der Waals surface area (Å²) in [5, 5.41) is 3.23. The van der Waals surface area contributed by atoms with Gasteiger partial charge < -0.3 is 5.32 Å². The van der Waals surface area contributed by atoms with E-state index in [9.17, 15) is 13.2 Å². The van der Waals surface area contributed by atoms with E-state index in [0.717, 1.165) is 40.7 Å². The molecular weight excluding hydrogens is 413 g/mol. The third-order valence-corrected chi connectivity index (χ3v) is 4.83. The first-order valence-electron chi connectivity index (χ1n) is 6.83. The Morgan fingerprint density at radius 2 is 1.86 bits per heavy atom. The van der Waals surface area contributed by atoms with Crippen molar-refractivity contribution in [1.82, 2.24) is 10.2 Å². The first kappa shape index (κ1) is 17.2. The predicted octanol–water partition coefficient (Wildman–Crippen LogP) is 4.50. The van der Waals surface area contributed by atoms with Crippen LogP contribution >= 0.6 is 31.9 Å². The molecule has 0 spiro atoms. The van der Waals surface area contributed by atoms with Crippen LogP contribution in [-0.4, -0.2) is 37.3 Å². The molecule has 0 amide bonds. The molecule has 1 aliphatic heterocycles. The molecule has 118 valence electrons. The normalized spacial score (nSPS) is 18.7. The maximum atomic E-state index is 12.6. The van der Waals surface area contributed by atoms with E-state index in [1.807, 2.05) is 18.2 Å². The van der Waals surface area contributed by atoms with Crippen LogP contribution in [0.25, 0.3) is 0 Å². The maximum Gasteiger partial charge on any atom is 0.389 e. The van der Waals surface area contributed by atoms with Crippen LogP contribution in [0.5, 0.6) is 0 Å². The Morgan fingerprint density at radius 1 is 1.19 bits per heavy atom. The van der Waals surface area contributed by atoms with E-state index in [1.54, 1.807) is 0 Å². The lowest BCUT2D eigenvalue weighted by Crippen LogP contribution is -2.45. The topological polar surface area (TPSA) is 15.3 Å². The second-order valence-corrected chi connectivity index (χ2v) is 6.89. The summed E-state index contributed by atoms with van der Waals surface area (Å²) in [6.07, 6.45) is -4.80. The van der Waals surface area contributed by atoms with E-state index in [1.165, 1.54) is 0 Å². The number of halogens is 5. The molecule has 7 heteroatoms. The number of nitrogens with zero attached hydrogens (tertiary/aromatic N) is 1. The first-order valence-corrected chi connectivity index (χ1v) is 8.42. The first-order chi connectivity index (χ1) is 9.87. The van der Waals surface area contributed by atoms with Crippen molar-refractivity contribution < 1.29 is 13.2 Å². The molecule has 21 heavy (non-hydrogen) atoms. The molecule has 2 nitrogen and oxygen atoms in total. The van der Waals surface area contributed by atoms with E-state index >= 15 is 0 Å². The van der Waals surface area contributed by atoms with Gasteiger partial charge in [-0.15, -0.1) is 0 Å². The summed E-state index contributed by atoms with van der Waals surface area (Å²) in [5.74, 6) is 0. The smallest absolute Gasteiger partial charge is 0.314 e. The van der Waals surface area contributed by atoms with Gasteiger partial charge in [-0.2, -0.15) is 13.2 Å². The maximum absolute atomic E-state index is 12.6. The van der Waals surface area contributed by atoms with E-state index in [0.29, 0.717) is 0 Å². The molecule has 1 aliphatic rings. The highest BCUT2D eigenvalue weighted by Crippen LogP contribution is 2.36. The number of alkyl halides is 3. The average Bonchev–Trinajstić information content (AvgIpc) is 2.43. The van der Waals surface area contributed by atoms with Gasteiger partial charge in [0.25, 0.3) is 0 Å². The minimum absolute atomic E-state index is 0.0819. The molecule has 1 aromatic carbocycles. The quantitative estimate of drug-likeness (QED) is 0.757. The van der Waals surface area contributed by atoms with Gasteiger partial charge in [0.15, 0.2) is 0 Å². The van der Waals surface area contributed by atoms with Crippen molar-refractivity contribution in [2.75, 3.05) is 26.2 Å². The highest BCUT2D eigenvalue weighted by atomic mass is 79.9. The van der Waals surface area contributed by atoms with Crippen LogP contribution in [0.15, 0.2) is 27.1 Å². The van der Waals surface area contributed by atoms with E-state index in [-0.39, 0.29) is 12.5 Å².